The molecule has 0 bridgehead atoms. The SMILES string of the molecule is C=CCOC(=O)[C@H]1N(C(=O)[C@@H](O)[C@H](Cc2ccccc2)NC(=O)c2cccc(O)c2C)CSC1(C)C. The van der Waals surface area contributed by atoms with Gasteiger partial charge in [0.1, 0.15) is 18.4 Å². The van der Waals surface area contributed by atoms with E-state index in [0.29, 0.717) is 5.56 Å². The van der Waals surface area contributed by atoms with Crippen LogP contribution < -0.4 is 5.32 Å². The van der Waals surface area contributed by atoms with Gasteiger partial charge in [-0.3, -0.25) is 9.59 Å². The van der Waals surface area contributed by atoms with E-state index in [1.165, 1.54) is 28.8 Å². The summed E-state index contributed by atoms with van der Waals surface area (Å²) in [5.41, 5.74) is 1.42. The number of carbonyl (C=O) groups excluding carboxylic acids is 3. The first-order valence-corrected chi connectivity index (χ1v) is 12.6. The van der Waals surface area contributed by atoms with Crippen molar-refractivity contribution in [3.8, 4) is 5.75 Å². The number of hydrogen-bond donors (Lipinski definition) is 3. The maximum Gasteiger partial charge on any atom is 0.330 e. The summed E-state index contributed by atoms with van der Waals surface area (Å²) >= 11 is 1.41. The first-order chi connectivity index (χ1) is 17.1. The Labute approximate surface area is 215 Å². The van der Waals surface area contributed by atoms with Crippen LogP contribution in [0.3, 0.4) is 0 Å². The maximum atomic E-state index is 13.5. The Hall–Kier alpha value is -3.30. The Morgan fingerprint density at radius 2 is 1.92 bits per heavy atom. The highest BCUT2D eigenvalue weighted by Gasteiger charge is 2.50. The van der Waals surface area contributed by atoms with Crippen LogP contribution in [0.5, 0.6) is 5.75 Å². The lowest BCUT2D eigenvalue weighted by Crippen LogP contribution is -2.57. The molecule has 1 aliphatic heterocycles. The molecule has 0 aromatic heterocycles. The van der Waals surface area contributed by atoms with Gasteiger partial charge in [0, 0.05) is 15.9 Å². The predicted molar refractivity (Wildman–Crippen MR) is 139 cm³/mol. The molecule has 0 aliphatic carbocycles. The molecule has 36 heavy (non-hydrogen) atoms. The third-order valence-electron chi connectivity index (χ3n) is 6.19. The first-order valence-electron chi connectivity index (χ1n) is 11.6. The van der Waals surface area contributed by atoms with Crippen molar-refractivity contribution in [1.82, 2.24) is 10.2 Å². The molecule has 0 spiro atoms. The minimum Gasteiger partial charge on any atom is -0.508 e. The van der Waals surface area contributed by atoms with Crippen molar-refractivity contribution in [3.63, 3.8) is 0 Å². The van der Waals surface area contributed by atoms with Crippen LogP contribution in [-0.4, -0.2) is 68.3 Å². The lowest BCUT2D eigenvalue weighted by Gasteiger charge is -2.32. The molecule has 1 fully saturated rings. The third-order valence-corrected chi connectivity index (χ3v) is 7.57. The third kappa shape index (κ3) is 6.09. The van der Waals surface area contributed by atoms with E-state index in [9.17, 15) is 24.6 Å². The molecule has 3 N–H and O–H groups in total. The predicted octanol–water partition coefficient (Wildman–Crippen LogP) is 2.81. The Morgan fingerprint density at radius 1 is 1.22 bits per heavy atom. The fourth-order valence-corrected chi connectivity index (χ4v) is 5.28. The number of benzene rings is 2. The van der Waals surface area contributed by atoms with Crippen molar-refractivity contribution in [2.75, 3.05) is 12.5 Å². The Morgan fingerprint density at radius 3 is 2.58 bits per heavy atom. The zero-order valence-electron chi connectivity index (χ0n) is 20.6. The standard InChI is InChI=1S/C27H32N2O6S/c1-5-14-35-26(34)23-27(3,4)36-16-29(23)25(33)22(31)20(15-18-10-7-6-8-11-18)28-24(32)19-12-9-13-21(30)17(19)2/h5-13,20,22-23,30-31H,1,14-16H2,2-4H3,(H,28,32)/t20-,22-,23+/m0/s1. The van der Waals surface area contributed by atoms with E-state index in [1.807, 2.05) is 44.2 Å². The van der Waals surface area contributed by atoms with E-state index in [4.69, 9.17) is 4.74 Å². The summed E-state index contributed by atoms with van der Waals surface area (Å²) in [5, 5.41) is 24.0. The second-order valence-electron chi connectivity index (χ2n) is 9.17. The summed E-state index contributed by atoms with van der Waals surface area (Å²) in [5.74, 6) is -1.63. The number of aromatic hydroxyl groups is 1. The highest BCUT2D eigenvalue weighted by Crippen LogP contribution is 2.40. The molecule has 1 saturated heterocycles. The van der Waals surface area contributed by atoms with Gasteiger partial charge in [-0.05, 0) is 44.9 Å². The van der Waals surface area contributed by atoms with Crippen LogP contribution in [0.15, 0.2) is 61.2 Å². The number of phenolic OH excluding ortho intramolecular Hbond substituents is 1. The Kier molecular flexibility index (Phi) is 8.81. The highest BCUT2D eigenvalue weighted by atomic mass is 32.2. The monoisotopic (exact) mass is 512 g/mol. The van der Waals surface area contributed by atoms with Gasteiger partial charge < -0.3 is 25.2 Å². The fourth-order valence-electron chi connectivity index (χ4n) is 4.15. The van der Waals surface area contributed by atoms with E-state index in [0.717, 1.165) is 5.56 Å². The second-order valence-corrected chi connectivity index (χ2v) is 10.8. The summed E-state index contributed by atoms with van der Waals surface area (Å²) in [6.45, 7) is 8.85. The maximum absolute atomic E-state index is 13.5. The van der Waals surface area contributed by atoms with Crippen LogP contribution in [0.4, 0.5) is 0 Å². The molecule has 3 rings (SSSR count). The normalized spacial score (nSPS) is 18.2. The quantitative estimate of drug-likeness (QED) is 0.349. The van der Waals surface area contributed by atoms with Gasteiger partial charge in [0.05, 0.1) is 11.9 Å². The summed E-state index contributed by atoms with van der Waals surface area (Å²) in [7, 11) is 0. The summed E-state index contributed by atoms with van der Waals surface area (Å²) in [6, 6.07) is 11.8. The summed E-state index contributed by atoms with van der Waals surface area (Å²) in [4.78, 5) is 40.8. The number of phenols is 1. The van der Waals surface area contributed by atoms with Gasteiger partial charge in [0.25, 0.3) is 11.8 Å². The average molecular weight is 513 g/mol. The van der Waals surface area contributed by atoms with Crippen LogP contribution in [-0.2, 0) is 20.7 Å². The van der Waals surface area contributed by atoms with E-state index >= 15 is 0 Å². The zero-order valence-corrected chi connectivity index (χ0v) is 21.5. The van der Waals surface area contributed by atoms with Gasteiger partial charge in [0.2, 0.25) is 0 Å². The van der Waals surface area contributed by atoms with Crippen molar-refractivity contribution in [3.05, 3.63) is 77.9 Å². The second kappa shape index (κ2) is 11.6. The number of esters is 1. The van der Waals surface area contributed by atoms with Crippen molar-refractivity contribution < 1.29 is 29.3 Å². The van der Waals surface area contributed by atoms with Crippen LogP contribution in [0, 0.1) is 6.92 Å². The van der Waals surface area contributed by atoms with Gasteiger partial charge in [-0.25, -0.2) is 4.79 Å². The molecule has 3 atom stereocenters. The van der Waals surface area contributed by atoms with Crippen LogP contribution in [0.2, 0.25) is 0 Å². The number of nitrogens with one attached hydrogen (secondary N) is 1. The molecule has 9 heteroatoms. The Bertz CT molecular complexity index is 1120. The lowest BCUT2D eigenvalue weighted by atomic mass is 9.97. The van der Waals surface area contributed by atoms with E-state index in [2.05, 4.69) is 11.9 Å². The van der Waals surface area contributed by atoms with Crippen LogP contribution in [0.1, 0.15) is 35.3 Å². The van der Waals surface area contributed by atoms with Crippen molar-refractivity contribution in [2.45, 2.75) is 50.1 Å². The van der Waals surface area contributed by atoms with Crippen LogP contribution >= 0.6 is 11.8 Å². The zero-order chi connectivity index (χ0) is 26.5. The van der Waals surface area contributed by atoms with Gasteiger partial charge in [0.15, 0.2) is 6.10 Å². The molecule has 1 heterocycles. The number of carbonyl (C=O) groups is 3. The molecule has 0 saturated carbocycles. The number of amides is 2. The summed E-state index contributed by atoms with van der Waals surface area (Å²) in [6.07, 6.45) is -0.00760. The average Bonchev–Trinajstić information content (AvgIpc) is 3.18. The number of rotatable bonds is 9. The highest BCUT2D eigenvalue weighted by molar-refractivity contribution is 8.00. The van der Waals surface area contributed by atoms with E-state index in [-0.39, 0.29) is 30.2 Å². The molecule has 0 radical (unpaired) electrons. The smallest absolute Gasteiger partial charge is 0.330 e. The topological polar surface area (TPSA) is 116 Å². The summed E-state index contributed by atoms with van der Waals surface area (Å²) < 4.78 is 4.60. The largest absolute Gasteiger partial charge is 0.508 e. The number of aliphatic hydroxyl groups is 1. The van der Waals surface area contributed by atoms with Crippen LogP contribution in [0.25, 0.3) is 0 Å². The molecule has 2 amide bonds. The van der Waals surface area contributed by atoms with Gasteiger partial charge >= 0.3 is 5.97 Å². The minimum atomic E-state index is -1.63. The Balaban J connectivity index is 1.88. The minimum absolute atomic E-state index is 0.0105. The molecular formula is C27H32N2O6S. The first kappa shape index (κ1) is 27.3. The van der Waals surface area contributed by atoms with Crippen molar-refractivity contribution >= 4 is 29.5 Å². The molecular weight excluding hydrogens is 480 g/mol. The van der Waals surface area contributed by atoms with Gasteiger partial charge in [-0.1, -0.05) is 49.1 Å². The molecule has 1 aliphatic rings. The number of ether oxygens (including phenoxy) is 1. The molecule has 192 valence electrons. The molecule has 0 unspecified atom stereocenters. The number of aliphatic hydroxyl groups excluding tert-OH is 1. The number of nitrogens with zero attached hydrogens (tertiary/aromatic N) is 1. The van der Waals surface area contributed by atoms with Crippen molar-refractivity contribution in [1.29, 1.82) is 0 Å². The van der Waals surface area contributed by atoms with Crippen molar-refractivity contribution in [2.24, 2.45) is 0 Å². The fraction of sp³-hybridized carbons (Fsp3) is 0.370. The number of hydrogen-bond acceptors (Lipinski definition) is 7. The number of thioether (sulfide) groups is 1. The lowest BCUT2D eigenvalue weighted by molar-refractivity contribution is -0.157. The molecule has 8 nitrogen and oxygen atoms in total. The van der Waals surface area contributed by atoms with E-state index in [1.54, 1.807) is 19.1 Å². The van der Waals surface area contributed by atoms with E-state index < -0.39 is 40.7 Å². The van der Waals surface area contributed by atoms with Gasteiger partial charge in [-0.2, -0.15) is 0 Å². The van der Waals surface area contributed by atoms with Gasteiger partial charge in [-0.15, -0.1) is 11.8 Å². The molecule has 2 aromatic rings. The molecule has 2 aromatic carbocycles.